The van der Waals surface area contributed by atoms with Crippen molar-refractivity contribution in [1.29, 1.82) is 0 Å². The van der Waals surface area contributed by atoms with Gasteiger partial charge in [0.05, 0.1) is 0 Å². The van der Waals surface area contributed by atoms with Gasteiger partial charge in [-0.2, -0.15) is 0 Å². The zero-order chi connectivity index (χ0) is 23.1. The van der Waals surface area contributed by atoms with E-state index in [1.54, 1.807) is 0 Å². The highest BCUT2D eigenvalue weighted by Crippen LogP contribution is 2.24. The fraction of sp³-hybridized carbons (Fsp3) is 0.933. The van der Waals surface area contributed by atoms with E-state index >= 15 is 0 Å². The molecular weight excluding hydrogens is 388 g/mol. The molecule has 0 aromatic rings. The minimum absolute atomic E-state index is 0.644. The van der Waals surface area contributed by atoms with E-state index in [9.17, 15) is 0 Å². The second-order valence-electron chi connectivity index (χ2n) is 10.4. The fourth-order valence-corrected chi connectivity index (χ4v) is 5.13. The van der Waals surface area contributed by atoms with Gasteiger partial charge in [-0.1, -0.05) is 136 Å². The lowest BCUT2D eigenvalue weighted by atomic mass is 10.0. The van der Waals surface area contributed by atoms with Crippen molar-refractivity contribution in [3.8, 4) is 0 Å². The van der Waals surface area contributed by atoms with Crippen molar-refractivity contribution in [1.82, 2.24) is 9.80 Å². The third-order valence-electron chi connectivity index (χ3n) is 7.32. The molecule has 0 atom stereocenters. The molecule has 1 aliphatic heterocycles. The van der Waals surface area contributed by atoms with E-state index < -0.39 is 0 Å². The van der Waals surface area contributed by atoms with Crippen molar-refractivity contribution in [3.05, 3.63) is 12.4 Å². The van der Waals surface area contributed by atoms with E-state index in [0.29, 0.717) is 6.17 Å². The zero-order valence-corrected chi connectivity index (χ0v) is 22.6. The van der Waals surface area contributed by atoms with Gasteiger partial charge in [-0.3, -0.25) is 0 Å². The van der Waals surface area contributed by atoms with Gasteiger partial charge >= 0.3 is 0 Å². The molecule has 2 heteroatoms. The summed E-state index contributed by atoms with van der Waals surface area (Å²) in [5.74, 6) is 0. The number of hydrogen-bond acceptors (Lipinski definition) is 2. The van der Waals surface area contributed by atoms with Gasteiger partial charge in [0.1, 0.15) is 6.17 Å². The molecule has 0 saturated carbocycles. The zero-order valence-electron chi connectivity index (χ0n) is 22.6. The maximum atomic E-state index is 2.67. The Bertz CT molecular complexity index is 382. The molecule has 0 N–H and O–H groups in total. The Labute approximate surface area is 203 Å². The lowest BCUT2D eigenvalue weighted by Gasteiger charge is -2.33. The standard InChI is InChI=1S/C30H60N2/c1-4-7-10-13-14-15-16-17-18-19-22-25-30-31(26-23-20-11-8-5-2)28-29-32(30)27-24-21-12-9-6-3/h28-30H,4-27H2,1-3H3. The monoisotopic (exact) mass is 448 g/mol. The quantitative estimate of drug-likeness (QED) is 0.135. The molecule has 2 nitrogen and oxygen atoms in total. The van der Waals surface area contributed by atoms with Gasteiger partial charge in [0.15, 0.2) is 0 Å². The van der Waals surface area contributed by atoms with Crippen molar-refractivity contribution in [2.45, 2.75) is 168 Å². The van der Waals surface area contributed by atoms with E-state index in [4.69, 9.17) is 0 Å². The Morgan fingerprint density at radius 2 is 0.719 bits per heavy atom. The van der Waals surface area contributed by atoms with Crippen LogP contribution in [0.4, 0.5) is 0 Å². The van der Waals surface area contributed by atoms with Crippen LogP contribution in [0.1, 0.15) is 162 Å². The molecule has 0 spiro atoms. The Morgan fingerprint density at radius 1 is 0.406 bits per heavy atom. The summed E-state index contributed by atoms with van der Waals surface area (Å²) in [5, 5.41) is 0. The molecule has 0 bridgehead atoms. The first-order chi connectivity index (χ1) is 15.8. The molecule has 32 heavy (non-hydrogen) atoms. The predicted molar refractivity (Wildman–Crippen MR) is 145 cm³/mol. The summed E-state index contributed by atoms with van der Waals surface area (Å²) in [6.45, 7) is 9.45. The van der Waals surface area contributed by atoms with E-state index in [0.717, 1.165) is 0 Å². The Balaban J connectivity index is 2.22. The van der Waals surface area contributed by atoms with Crippen LogP contribution in [0, 0.1) is 0 Å². The molecule has 0 radical (unpaired) electrons. The molecule has 0 aromatic heterocycles. The summed E-state index contributed by atoms with van der Waals surface area (Å²) in [4.78, 5) is 5.35. The van der Waals surface area contributed by atoms with Gasteiger partial charge < -0.3 is 9.80 Å². The summed E-state index contributed by atoms with van der Waals surface area (Å²) in [6.07, 6.45) is 36.5. The summed E-state index contributed by atoms with van der Waals surface area (Å²) in [5.41, 5.74) is 0. The van der Waals surface area contributed by atoms with Crippen LogP contribution in [0.3, 0.4) is 0 Å². The average molecular weight is 449 g/mol. The smallest absolute Gasteiger partial charge is 0.101 e. The first kappa shape index (κ1) is 29.4. The average Bonchev–Trinajstić information content (AvgIpc) is 3.18. The summed E-state index contributed by atoms with van der Waals surface area (Å²) in [6, 6.07) is 0. The summed E-state index contributed by atoms with van der Waals surface area (Å²) >= 11 is 0. The molecule has 1 aliphatic rings. The van der Waals surface area contributed by atoms with E-state index in [-0.39, 0.29) is 0 Å². The highest BCUT2D eigenvalue weighted by molar-refractivity contribution is 4.97. The molecule has 0 amide bonds. The first-order valence-electron chi connectivity index (χ1n) is 15.0. The van der Waals surface area contributed by atoms with Crippen LogP contribution < -0.4 is 0 Å². The van der Waals surface area contributed by atoms with Crippen LogP contribution in [0.15, 0.2) is 12.4 Å². The van der Waals surface area contributed by atoms with Crippen LogP contribution in [0.25, 0.3) is 0 Å². The van der Waals surface area contributed by atoms with Crippen LogP contribution in [-0.2, 0) is 0 Å². The molecule has 0 unspecified atom stereocenters. The molecular formula is C30H60N2. The minimum Gasteiger partial charge on any atom is -0.356 e. The topological polar surface area (TPSA) is 6.48 Å². The van der Waals surface area contributed by atoms with Gasteiger partial charge in [0, 0.05) is 25.5 Å². The number of hydrogen-bond donors (Lipinski definition) is 0. The lowest BCUT2D eigenvalue weighted by molar-refractivity contribution is 0.135. The molecule has 0 aromatic carbocycles. The Kier molecular flexibility index (Phi) is 20.3. The molecule has 1 heterocycles. The van der Waals surface area contributed by atoms with Gasteiger partial charge in [-0.15, -0.1) is 0 Å². The minimum atomic E-state index is 0.644. The van der Waals surface area contributed by atoms with Gasteiger partial charge in [0.2, 0.25) is 0 Å². The molecule has 0 saturated heterocycles. The molecule has 0 fully saturated rings. The van der Waals surface area contributed by atoms with Crippen LogP contribution in [0.5, 0.6) is 0 Å². The van der Waals surface area contributed by atoms with Gasteiger partial charge in [-0.25, -0.2) is 0 Å². The lowest BCUT2D eigenvalue weighted by Crippen LogP contribution is -2.39. The van der Waals surface area contributed by atoms with Crippen LogP contribution in [-0.4, -0.2) is 29.1 Å². The van der Waals surface area contributed by atoms with Crippen molar-refractivity contribution < 1.29 is 0 Å². The van der Waals surface area contributed by atoms with E-state index in [1.165, 1.54) is 154 Å². The normalized spacial score (nSPS) is 14.2. The maximum absolute atomic E-state index is 2.67. The summed E-state index contributed by atoms with van der Waals surface area (Å²) < 4.78 is 0. The maximum Gasteiger partial charge on any atom is 0.101 e. The number of unbranched alkanes of at least 4 members (excludes halogenated alkanes) is 18. The van der Waals surface area contributed by atoms with Crippen LogP contribution in [0.2, 0.25) is 0 Å². The Morgan fingerprint density at radius 3 is 1.09 bits per heavy atom. The molecule has 1 rings (SSSR count). The second kappa shape index (κ2) is 22.1. The van der Waals surface area contributed by atoms with E-state index in [1.807, 2.05) is 0 Å². The number of nitrogens with zero attached hydrogens (tertiary/aromatic N) is 2. The van der Waals surface area contributed by atoms with Crippen molar-refractivity contribution in [3.63, 3.8) is 0 Å². The van der Waals surface area contributed by atoms with Gasteiger partial charge in [0.25, 0.3) is 0 Å². The predicted octanol–water partition coefficient (Wildman–Crippen LogP) is 10.0. The van der Waals surface area contributed by atoms with Crippen molar-refractivity contribution in [2.24, 2.45) is 0 Å². The van der Waals surface area contributed by atoms with Crippen molar-refractivity contribution >= 4 is 0 Å². The van der Waals surface area contributed by atoms with Crippen LogP contribution >= 0.6 is 0 Å². The third-order valence-corrected chi connectivity index (χ3v) is 7.32. The highest BCUT2D eigenvalue weighted by Gasteiger charge is 2.24. The first-order valence-corrected chi connectivity index (χ1v) is 15.0. The third kappa shape index (κ3) is 15.2. The fourth-order valence-electron chi connectivity index (χ4n) is 5.13. The molecule has 0 aliphatic carbocycles. The Hall–Kier alpha value is -0.660. The van der Waals surface area contributed by atoms with Crippen molar-refractivity contribution in [2.75, 3.05) is 13.1 Å². The van der Waals surface area contributed by atoms with E-state index in [2.05, 4.69) is 43.0 Å². The number of rotatable bonds is 24. The second-order valence-corrected chi connectivity index (χ2v) is 10.4. The molecule has 190 valence electrons. The highest BCUT2D eigenvalue weighted by atomic mass is 15.4. The van der Waals surface area contributed by atoms with Gasteiger partial charge in [-0.05, 0) is 25.7 Å². The summed E-state index contributed by atoms with van der Waals surface area (Å²) in [7, 11) is 0. The largest absolute Gasteiger partial charge is 0.356 e. The SMILES string of the molecule is CCCCCCCCCCCCCC1N(CCCCCCC)C=CN1CCCCCCC.